The molecular weight excluding hydrogens is 210 g/mol. The van der Waals surface area contributed by atoms with E-state index < -0.39 is 6.17 Å². The summed E-state index contributed by atoms with van der Waals surface area (Å²) in [5.74, 6) is 1.16. The van der Waals surface area contributed by atoms with Gasteiger partial charge in [-0.15, -0.1) is 0 Å². The highest BCUT2D eigenvalue weighted by atomic mass is 19.1. The largest absolute Gasteiger partial charge is 0.495 e. The molecule has 3 atom stereocenters. The van der Waals surface area contributed by atoms with Gasteiger partial charge in [-0.3, -0.25) is 0 Å². The lowest BCUT2D eigenvalue weighted by Gasteiger charge is -2.27. The molecule has 0 bridgehead atoms. The van der Waals surface area contributed by atoms with Gasteiger partial charge < -0.3 is 4.74 Å². The minimum atomic E-state index is -1.19. The Labute approximate surface area is 95.2 Å². The number of halogens is 2. The molecule has 16 heavy (non-hydrogen) atoms. The predicted octanol–water partition coefficient (Wildman–Crippen LogP) is 4.06. The van der Waals surface area contributed by atoms with Gasteiger partial charge >= 0.3 is 0 Å². The average molecular weight is 228 g/mol. The van der Waals surface area contributed by atoms with E-state index in [1.807, 2.05) is 0 Å². The van der Waals surface area contributed by atoms with E-state index in [4.69, 9.17) is 4.74 Å². The van der Waals surface area contributed by atoms with Gasteiger partial charge in [0, 0.05) is 19.3 Å². The molecule has 0 aliphatic heterocycles. The maximum atomic E-state index is 13.1. The summed E-state index contributed by atoms with van der Waals surface area (Å²) in [6, 6.07) is 0. The second-order valence-electron chi connectivity index (χ2n) is 4.87. The van der Waals surface area contributed by atoms with Crippen LogP contribution in [0.5, 0.6) is 0 Å². The third-order valence-corrected chi connectivity index (χ3v) is 3.17. The van der Waals surface area contributed by atoms with Crippen LogP contribution in [-0.4, -0.2) is 12.3 Å². The van der Waals surface area contributed by atoms with Crippen LogP contribution in [0.25, 0.3) is 0 Å². The molecule has 3 heteroatoms. The second-order valence-corrected chi connectivity index (χ2v) is 4.87. The van der Waals surface area contributed by atoms with Crippen LogP contribution in [0.2, 0.25) is 0 Å². The van der Waals surface area contributed by atoms with E-state index in [0.29, 0.717) is 5.92 Å². The summed E-state index contributed by atoms with van der Waals surface area (Å²) < 4.78 is 31.8. The first-order valence-corrected chi connectivity index (χ1v) is 5.99. The molecule has 0 spiro atoms. The van der Waals surface area contributed by atoms with Crippen LogP contribution in [0.1, 0.15) is 39.0 Å². The summed E-state index contributed by atoms with van der Waals surface area (Å²) in [5, 5.41) is 0. The van der Waals surface area contributed by atoms with Gasteiger partial charge in [0.15, 0.2) is 0 Å². The van der Waals surface area contributed by atoms with Crippen LogP contribution in [0.3, 0.4) is 0 Å². The van der Waals surface area contributed by atoms with Crippen molar-refractivity contribution in [2.45, 2.75) is 51.3 Å². The molecular formula is C13H18F2O. The quantitative estimate of drug-likeness (QED) is 0.692. The van der Waals surface area contributed by atoms with Gasteiger partial charge in [0.25, 0.3) is 0 Å². The smallest absolute Gasteiger partial charge is 0.125 e. The molecule has 0 N–H and O–H groups in total. The Balaban J connectivity index is 1.90. The van der Waals surface area contributed by atoms with Crippen molar-refractivity contribution in [1.82, 2.24) is 0 Å². The average Bonchev–Trinajstić information content (AvgIpc) is 2.15. The Morgan fingerprint density at radius 2 is 2.19 bits per heavy atom. The molecule has 90 valence electrons. The molecule has 0 amide bonds. The zero-order valence-electron chi connectivity index (χ0n) is 9.59. The summed E-state index contributed by atoms with van der Waals surface area (Å²) in [6.07, 6.45) is 5.18. The van der Waals surface area contributed by atoms with E-state index in [0.717, 1.165) is 24.7 Å². The van der Waals surface area contributed by atoms with Crippen molar-refractivity contribution < 1.29 is 13.5 Å². The van der Waals surface area contributed by atoms with Crippen LogP contribution in [-0.2, 0) is 4.74 Å². The molecule has 2 aliphatic rings. The van der Waals surface area contributed by atoms with Crippen molar-refractivity contribution in [2.24, 2.45) is 5.92 Å². The van der Waals surface area contributed by atoms with E-state index in [-0.39, 0.29) is 24.8 Å². The Morgan fingerprint density at radius 1 is 1.38 bits per heavy atom. The molecule has 0 saturated carbocycles. The van der Waals surface area contributed by atoms with E-state index in [1.54, 1.807) is 0 Å². The number of hydrogen-bond donors (Lipinski definition) is 0. The SMILES string of the molecule is CC1CCC=C(OC2CC(F)=CC(F)C2)C1. The van der Waals surface area contributed by atoms with Crippen LogP contribution in [0.15, 0.2) is 23.7 Å². The van der Waals surface area contributed by atoms with Crippen molar-refractivity contribution in [2.75, 3.05) is 0 Å². The number of alkyl halides is 1. The molecule has 0 radical (unpaired) electrons. The van der Waals surface area contributed by atoms with E-state index >= 15 is 0 Å². The van der Waals surface area contributed by atoms with E-state index in [9.17, 15) is 8.78 Å². The summed E-state index contributed by atoms with van der Waals surface area (Å²) in [7, 11) is 0. The molecule has 1 nitrogen and oxygen atoms in total. The Hall–Kier alpha value is -0.860. The number of hydrogen-bond acceptors (Lipinski definition) is 1. The first kappa shape index (κ1) is 11.6. The summed E-state index contributed by atoms with van der Waals surface area (Å²) in [6.45, 7) is 2.18. The standard InChI is InChI=1S/C13H18F2O/c1-9-3-2-4-12(5-9)16-13-7-10(14)6-11(15)8-13/h4,6,9-10,13H,2-3,5,7-8H2,1H3. The van der Waals surface area contributed by atoms with Crippen molar-refractivity contribution in [3.05, 3.63) is 23.7 Å². The van der Waals surface area contributed by atoms with E-state index in [1.165, 1.54) is 6.42 Å². The van der Waals surface area contributed by atoms with Gasteiger partial charge in [0.2, 0.25) is 0 Å². The third-order valence-electron chi connectivity index (χ3n) is 3.17. The van der Waals surface area contributed by atoms with Crippen molar-refractivity contribution >= 4 is 0 Å². The van der Waals surface area contributed by atoms with Gasteiger partial charge in [-0.2, -0.15) is 0 Å². The van der Waals surface area contributed by atoms with Crippen LogP contribution >= 0.6 is 0 Å². The Morgan fingerprint density at radius 3 is 2.88 bits per heavy atom. The zero-order chi connectivity index (χ0) is 11.5. The highest BCUT2D eigenvalue weighted by molar-refractivity contribution is 5.06. The fraction of sp³-hybridized carbons (Fsp3) is 0.692. The summed E-state index contributed by atoms with van der Waals surface area (Å²) >= 11 is 0. The monoisotopic (exact) mass is 228 g/mol. The number of ether oxygens (including phenoxy) is 1. The number of rotatable bonds is 2. The summed E-state index contributed by atoms with van der Waals surface area (Å²) in [5.41, 5.74) is 0. The molecule has 0 aromatic rings. The molecule has 0 aromatic carbocycles. The van der Waals surface area contributed by atoms with Crippen molar-refractivity contribution in [3.63, 3.8) is 0 Å². The van der Waals surface area contributed by atoms with Crippen LogP contribution < -0.4 is 0 Å². The van der Waals surface area contributed by atoms with Crippen molar-refractivity contribution in [1.29, 1.82) is 0 Å². The maximum absolute atomic E-state index is 13.1. The lowest BCUT2D eigenvalue weighted by Crippen LogP contribution is -2.23. The third kappa shape index (κ3) is 3.06. The lowest BCUT2D eigenvalue weighted by molar-refractivity contribution is 0.0662. The first-order chi connectivity index (χ1) is 7.63. The minimum absolute atomic E-state index is 0.214. The molecule has 0 saturated heterocycles. The van der Waals surface area contributed by atoms with Crippen LogP contribution in [0, 0.1) is 5.92 Å². The minimum Gasteiger partial charge on any atom is -0.495 e. The highest BCUT2D eigenvalue weighted by Gasteiger charge is 2.25. The van der Waals surface area contributed by atoms with Gasteiger partial charge in [0.05, 0.1) is 5.76 Å². The van der Waals surface area contributed by atoms with E-state index in [2.05, 4.69) is 13.0 Å². The van der Waals surface area contributed by atoms with Gasteiger partial charge in [-0.1, -0.05) is 6.92 Å². The predicted molar refractivity (Wildman–Crippen MR) is 59.3 cm³/mol. The molecule has 0 fully saturated rings. The molecule has 2 aliphatic carbocycles. The lowest BCUT2D eigenvalue weighted by atomic mass is 9.94. The number of allylic oxidation sites excluding steroid dienone is 3. The van der Waals surface area contributed by atoms with Gasteiger partial charge in [0.1, 0.15) is 18.1 Å². The maximum Gasteiger partial charge on any atom is 0.125 e. The molecule has 3 unspecified atom stereocenters. The van der Waals surface area contributed by atoms with Crippen LogP contribution in [0.4, 0.5) is 8.78 Å². The molecule has 0 aromatic heterocycles. The fourth-order valence-electron chi connectivity index (χ4n) is 2.34. The second kappa shape index (κ2) is 4.98. The molecule has 2 rings (SSSR count). The first-order valence-electron chi connectivity index (χ1n) is 5.99. The Kier molecular flexibility index (Phi) is 3.62. The topological polar surface area (TPSA) is 9.23 Å². The Bertz CT molecular complexity index is 309. The van der Waals surface area contributed by atoms with Gasteiger partial charge in [-0.05, 0) is 30.9 Å². The highest BCUT2D eigenvalue weighted by Crippen LogP contribution is 2.30. The summed E-state index contributed by atoms with van der Waals surface area (Å²) in [4.78, 5) is 0. The molecule has 0 heterocycles. The zero-order valence-corrected chi connectivity index (χ0v) is 9.59. The normalized spacial score (nSPS) is 35.3. The van der Waals surface area contributed by atoms with Gasteiger partial charge in [-0.25, -0.2) is 8.78 Å². The van der Waals surface area contributed by atoms with Crippen molar-refractivity contribution in [3.8, 4) is 0 Å². The fourth-order valence-corrected chi connectivity index (χ4v) is 2.34.